The molecule has 2 saturated heterocycles. The molecule has 3 aromatic rings. The number of amides is 1. The van der Waals surface area contributed by atoms with Crippen LogP contribution >= 0.6 is 23.2 Å². The first-order chi connectivity index (χ1) is 13.0. The van der Waals surface area contributed by atoms with Crippen molar-refractivity contribution in [2.75, 3.05) is 13.1 Å². The van der Waals surface area contributed by atoms with E-state index in [0.717, 1.165) is 19.5 Å². The second kappa shape index (κ2) is 6.12. The van der Waals surface area contributed by atoms with Crippen molar-refractivity contribution in [1.29, 1.82) is 0 Å². The highest BCUT2D eigenvalue weighted by Gasteiger charge is 2.45. The van der Waals surface area contributed by atoms with E-state index in [4.69, 9.17) is 23.2 Å². The van der Waals surface area contributed by atoms with Gasteiger partial charge in [0.05, 0.1) is 10.0 Å². The van der Waals surface area contributed by atoms with Gasteiger partial charge >= 0.3 is 0 Å². The summed E-state index contributed by atoms with van der Waals surface area (Å²) in [7, 11) is 0. The molecule has 2 aliphatic rings. The lowest BCUT2D eigenvalue weighted by Crippen LogP contribution is -2.69. The highest BCUT2D eigenvalue weighted by molar-refractivity contribution is 6.44. The van der Waals surface area contributed by atoms with Gasteiger partial charge in [0, 0.05) is 43.1 Å². The van der Waals surface area contributed by atoms with Crippen LogP contribution in [-0.2, 0) is 0 Å². The Morgan fingerprint density at radius 1 is 1.22 bits per heavy atom. The van der Waals surface area contributed by atoms with Crippen LogP contribution in [0.25, 0.3) is 16.8 Å². The number of piperidine rings is 1. The third-order valence-electron chi connectivity index (χ3n) is 5.37. The Bertz CT molecular complexity index is 1070. The molecule has 2 aliphatic heterocycles. The average Bonchev–Trinajstić information content (AvgIpc) is 3.09. The molecule has 1 aromatic carbocycles. The number of nitrogens with zero attached hydrogens (tertiary/aromatic N) is 3. The van der Waals surface area contributed by atoms with Crippen LogP contribution in [0.2, 0.25) is 10.0 Å². The molecule has 0 aliphatic carbocycles. The fourth-order valence-corrected chi connectivity index (χ4v) is 4.43. The summed E-state index contributed by atoms with van der Waals surface area (Å²) in [6.07, 6.45) is 4.59. The van der Waals surface area contributed by atoms with Crippen LogP contribution in [0.5, 0.6) is 5.75 Å². The van der Waals surface area contributed by atoms with Crippen LogP contribution in [0, 0.1) is 0 Å². The number of pyridine rings is 1. The zero-order chi connectivity index (χ0) is 18.7. The molecule has 4 heterocycles. The summed E-state index contributed by atoms with van der Waals surface area (Å²) < 4.78 is 1.79. The number of halogens is 2. The number of phenolic OH excluding ortho intramolecular Hbond substituents is 1. The highest BCUT2D eigenvalue weighted by Crippen LogP contribution is 2.40. The third kappa shape index (κ3) is 2.59. The van der Waals surface area contributed by atoms with Crippen LogP contribution in [0.4, 0.5) is 0 Å². The number of fused-ring (bicyclic) bond motifs is 3. The van der Waals surface area contributed by atoms with Crippen molar-refractivity contribution in [3.05, 3.63) is 52.4 Å². The lowest BCUT2D eigenvalue weighted by Gasteiger charge is -2.52. The average molecular weight is 403 g/mol. The Labute approximate surface area is 165 Å². The number of hydrogen-bond acceptors (Lipinski definition) is 4. The molecule has 2 N–H and O–H groups in total. The van der Waals surface area contributed by atoms with Crippen LogP contribution < -0.4 is 5.32 Å². The summed E-state index contributed by atoms with van der Waals surface area (Å²) in [5, 5.41) is 14.2. The third-order valence-corrected chi connectivity index (χ3v) is 6.17. The van der Waals surface area contributed by atoms with Gasteiger partial charge in [0.25, 0.3) is 5.91 Å². The summed E-state index contributed by atoms with van der Waals surface area (Å²) in [6.45, 7) is 1.68. The van der Waals surface area contributed by atoms with Crippen LogP contribution in [0.1, 0.15) is 16.9 Å². The fourth-order valence-electron chi connectivity index (χ4n) is 4.00. The minimum atomic E-state index is -0.0355. The minimum absolute atomic E-state index is 0.0355. The highest BCUT2D eigenvalue weighted by atomic mass is 35.5. The van der Waals surface area contributed by atoms with E-state index in [2.05, 4.69) is 10.3 Å². The predicted molar refractivity (Wildman–Crippen MR) is 104 cm³/mol. The molecule has 2 bridgehead atoms. The van der Waals surface area contributed by atoms with E-state index in [1.54, 1.807) is 28.9 Å². The number of benzene rings is 1. The van der Waals surface area contributed by atoms with Gasteiger partial charge in [-0.25, -0.2) is 4.98 Å². The first kappa shape index (κ1) is 16.9. The zero-order valence-corrected chi connectivity index (χ0v) is 15.7. The van der Waals surface area contributed by atoms with Gasteiger partial charge in [-0.15, -0.1) is 0 Å². The SMILES string of the molecule is O=C(c1cn2ccc(-c3c(O)ccc(Cl)c3Cl)cc2n1)N1C2CNCC1C2. The van der Waals surface area contributed by atoms with E-state index >= 15 is 0 Å². The number of nitrogens with one attached hydrogen (secondary N) is 1. The lowest BCUT2D eigenvalue weighted by atomic mass is 9.88. The molecule has 2 aromatic heterocycles. The predicted octanol–water partition coefficient (Wildman–Crippen LogP) is 3.20. The second-order valence-corrected chi connectivity index (χ2v) is 7.76. The molecule has 1 amide bonds. The largest absolute Gasteiger partial charge is 0.507 e. The molecule has 27 heavy (non-hydrogen) atoms. The Morgan fingerprint density at radius 2 is 2.00 bits per heavy atom. The number of imidazole rings is 1. The van der Waals surface area contributed by atoms with Crippen molar-refractivity contribution in [2.24, 2.45) is 0 Å². The van der Waals surface area contributed by atoms with E-state index in [9.17, 15) is 9.90 Å². The Kier molecular flexibility index (Phi) is 3.82. The van der Waals surface area contributed by atoms with Crippen LogP contribution in [0.3, 0.4) is 0 Å². The standard InChI is InChI=1S/C19H16Cl2N4O2/c20-13-1-2-15(26)17(18(13)21)10-3-4-24-9-14(23-16(24)5-10)19(27)25-11-6-12(25)8-22-7-11/h1-5,9,11-12,22,26H,6-8H2. The number of carbonyl (C=O) groups is 1. The molecular formula is C19H16Cl2N4O2. The van der Waals surface area contributed by atoms with Gasteiger partial charge in [-0.2, -0.15) is 0 Å². The summed E-state index contributed by atoms with van der Waals surface area (Å²) in [5.41, 5.74) is 2.16. The molecule has 0 spiro atoms. The van der Waals surface area contributed by atoms with E-state index in [-0.39, 0.29) is 28.8 Å². The summed E-state index contributed by atoms with van der Waals surface area (Å²) in [6, 6.07) is 7.17. The van der Waals surface area contributed by atoms with E-state index in [1.165, 1.54) is 6.07 Å². The molecule has 2 fully saturated rings. The quantitative estimate of drug-likeness (QED) is 0.690. The number of carbonyl (C=O) groups excluding carboxylic acids is 1. The second-order valence-electron chi connectivity index (χ2n) is 6.98. The number of phenols is 1. The molecule has 6 nitrogen and oxygen atoms in total. The van der Waals surface area contributed by atoms with Crippen molar-refractivity contribution in [3.63, 3.8) is 0 Å². The van der Waals surface area contributed by atoms with Gasteiger partial charge in [0.15, 0.2) is 0 Å². The fraction of sp³-hybridized carbons (Fsp3) is 0.263. The smallest absolute Gasteiger partial charge is 0.274 e. The topological polar surface area (TPSA) is 69.9 Å². The molecular weight excluding hydrogens is 387 g/mol. The van der Waals surface area contributed by atoms with E-state index < -0.39 is 0 Å². The van der Waals surface area contributed by atoms with Crippen LogP contribution in [0.15, 0.2) is 36.7 Å². The normalized spacial score (nSPS) is 21.3. The molecule has 2 unspecified atom stereocenters. The first-order valence-corrected chi connectivity index (χ1v) is 9.48. The van der Waals surface area contributed by atoms with Gasteiger partial charge in [0.2, 0.25) is 0 Å². The van der Waals surface area contributed by atoms with E-state index in [1.807, 2.05) is 11.0 Å². The van der Waals surface area contributed by atoms with Crippen molar-refractivity contribution >= 4 is 34.8 Å². The Morgan fingerprint density at radius 3 is 2.74 bits per heavy atom. The summed E-state index contributed by atoms with van der Waals surface area (Å²) in [5.74, 6) is 0.00384. The number of aromatic nitrogens is 2. The van der Waals surface area contributed by atoms with Gasteiger partial charge in [0.1, 0.15) is 17.1 Å². The first-order valence-electron chi connectivity index (χ1n) is 8.72. The van der Waals surface area contributed by atoms with Gasteiger partial charge in [-0.05, 0) is 36.2 Å². The summed E-state index contributed by atoms with van der Waals surface area (Å²) >= 11 is 12.4. The van der Waals surface area contributed by atoms with Gasteiger partial charge in [-0.1, -0.05) is 23.2 Å². The lowest BCUT2D eigenvalue weighted by molar-refractivity contribution is -0.00261. The zero-order valence-electron chi connectivity index (χ0n) is 14.2. The van der Waals surface area contributed by atoms with Crippen molar-refractivity contribution in [3.8, 4) is 16.9 Å². The van der Waals surface area contributed by atoms with Crippen molar-refractivity contribution in [1.82, 2.24) is 19.6 Å². The maximum absolute atomic E-state index is 12.9. The van der Waals surface area contributed by atoms with Crippen LogP contribution in [-0.4, -0.2) is 50.5 Å². The van der Waals surface area contributed by atoms with Crippen molar-refractivity contribution < 1.29 is 9.90 Å². The molecule has 8 heteroatoms. The van der Waals surface area contributed by atoms with Gasteiger partial charge < -0.3 is 19.7 Å². The molecule has 0 radical (unpaired) electrons. The molecule has 0 saturated carbocycles. The number of aromatic hydroxyl groups is 1. The van der Waals surface area contributed by atoms with Crippen molar-refractivity contribution in [2.45, 2.75) is 18.5 Å². The summed E-state index contributed by atoms with van der Waals surface area (Å²) in [4.78, 5) is 19.3. The molecule has 5 rings (SSSR count). The Balaban J connectivity index is 1.53. The number of piperazine rings is 1. The molecule has 138 valence electrons. The minimum Gasteiger partial charge on any atom is -0.507 e. The maximum Gasteiger partial charge on any atom is 0.274 e. The maximum atomic E-state index is 12.9. The van der Waals surface area contributed by atoms with E-state index in [0.29, 0.717) is 27.5 Å². The monoisotopic (exact) mass is 402 g/mol. The number of hydrogen-bond donors (Lipinski definition) is 2. The number of rotatable bonds is 2. The Hall–Kier alpha value is -2.28. The van der Waals surface area contributed by atoms with Gasteiger partial charge in [-0.3, -0.25) is 4.79 Å². The molecule has 2 atom stereocenters.